The number of carbonyl (C=O) groups is 2. The third kappa shape index (κ3) is 3.08. The molecule has 0 unspecified atom stereocenters. The molecule has 1 aromatic carbocycles. The Morgan fingerprint density at radius 2 is 1.87 bits per heavy atom. The van der Waals surface area contributed by atoms with Crippen molar-refractivity contribution < 1.29 is 9.59 Å². The van der Waals surface area contributed by atoms with Gasteiger partial charge in [-0.2, -0.15) is 0 Å². The van der Waals surface area contributed by atoms with Gasteiger partial charge in [-0.1, -0.05) is 29.8 Å². The molecule has 6 heteroatoms. The standard InChI is InChI=1S/C17H19ClN2O2S/c1-19(2)16(21)11-7-9-20(10-8-11)17(22)15-14(18)12-5-3-4-6-13(12)23-15/h3-6,11H,7-10H2,1-2H3. The Kier molecular flexibility index (Phi) is 4.60. The predicted octanol–water partition coefficient (Wildman–Crippen LogP) is 3.50. The van der Waals surface area contributed by atoms with Crippen LogP contribution in [0.4, 0.5) is 0 Å². The molecule has 0 N–H and O–H groups in total. The first-order chi connectivity index (χ1) is 11.0. The molecular weight excluding hydrogens is 332 g/mol. The van der Waals surface area contributed by atoms with E-state index in [1.54, 1.807) is 19.0 Å². The number of nitrogens with zero attached hydrogens (tertiary/aromatic N) is 2. The summed E-state index contributed by atoms with van der Waals surface area (Å²) in [6, 6.07) is 7.78. The summed E-state index contributed by atoms with van der Waals surface area (Å²) in [5.41, 5.74) is 0. The van der Waals surface area contributed by atoms with E-state index in [0.29, 0.717) is 35.8 Å². The van der Waals surface area contributed by atoms with Gasteiger partial charge in [-0.25, -0.2) is 0 Å². The SMILES string of the molecule is CN(C)C(=O)C1CCN(C(=O)c2sc3ccccc3c2Cl)CC1. The van der Waals surface area contributed by atoms with Gasteiger partial charge in [0.05, 0.1) is 5.02 Å². The molecule has 1 aliphatic rings. The van der Waals surface area contributed by atoms with E-state index in [2.05, 4.69) is 0 Å². The van der Waals surface area contributed by atoms with E-state index in [9.17, 15) is 9.59 Å². The van der Waals surface area contributed by atoms with Crippen LogP contribution in [0, 0.1) is 5.92 Å². The smallest absolute Gasteiger partial charge is 0.265 e. The Balaban J connectivity index is 1.74. The number of carbonyl (C=O) groups excluding carboxylic acids is 2. The summed E-state index contributed by atoms with van der Waals surface area (Å²) in [5, 5.41) is 1.47. The van der Waals surface area contributed by atoms with Crippen LogP contribution in [0.25, 0.3) is 10.1 Å². The zero-order chi connectivity index (χ0) is 16.6. The molecule has 0 spiro atoms. The molecule has 1 fully saturated rings. The molecule has 0 saturated carbocycles. The molecule has 0 radical (unpaired) electrons. The molecule has 1 aromatic heterocycles. The van der Waals surface area contributed by atoms with E-state index in [1.165, 1.54) is 11.3 Å². The van der Waals surface area contributed by atoms with E-state index >= 15 is 0 Å². The predicted molar refractivity (Wildman–Crippen MR) is 94.2 cm³/mol. The first kappa shape index (κ1) is 16.3. The normalized spacial score (nSPS) is 15.9. The van der Waals surface area contributed by atoms with Crippen molar-refractivity contribution in [2.75, 3.05) is 27.2 Å². The number of hydrogen-bond acceptors (Lipinski definition) is 3. The van der Waals surface area contributed by atoms with Gasteiger partial charge < -0.3 is 9.80 Å². The Labute approximate surface area is 144 Å². The minimum atomic E-state index is -0.0213. The van der Waals surface area contributed by atoms with Crippen LogP contribution >= 0.6 is 22.9 Å². The first-order valence-corrected chi connectivity index (χ1v) is 8.86. The number of benzene rings is 1. The second kappa shape index (κ2) is 6.49. The second-order valence-electron chi connectivity index (χ2n) is 6.04. The summed E-state index contributed by atoms with van der Waals surface area (Å²) in [5.74, 6) is 0.149. The molecule has 0 bridgehead atoms. The van der Waals surface area contributed by atoms with Gasteiger partial charge in [-0.3, -0.25) is 9.59 Å². The maximum atomic E-state index is 12.8. The molecule has 2 heterocycles. The van der Waals surface area contributed by atoms with Gasteiger partial charge in [0.25, 0.3) is 5.91 Å². The molecule has 2 amide bonds. The Bertz CT molecular complexity index is 748. The molecule has 2 aromatic rings. The third-order valence-electron chi connectivity index (χ3n) is 4.30. The van der Waals surface area contributed by atoms with Gasteiger partial charge in [0, 0.05) is 43.2 Å². The maximum Gasteiger partial charge on any atom is 0.265 e. The summed E-state index contributed by atoms with van der Waals surface area (Å²) >= 11 is 7.83. The minimum Gasteiger partial charge on any atom is -0.349 e. The van der Waals surface area contributed by atoms with Crippen molar-refractivity contribution in [3.05, 3.63) is 34.2 Å². The summed E-state index contributed by atoms with van der Waals surface area (Å²) in [7, 11) is 3.55. The van der Waals surface area contributed by atoms with E-state index in [1.807, 2.05) is 29.2 Å². The highest BCUT2D eigenvalue weighted by molar-refractivity contribution is 7.21. The number of rotatable bonds is 2. The monoisotopic (exact) mass is 350 g/mol. The van der Waals surface area contributed by atoms with Crippen molar-refractivity contribution in [1.29, 1.82) is 0 Å². The highest BCUT2D eigenvalue weighted by atomic mass is 35.5. The lowest BCUT2D eigenvalue weighted by Gasteiger charge is -2.32. The lowest BCUT2D eigenvalue weighted by atomic mass is 9.95. The van der Waals surface area contributed by atoms with Crippen LogP contribution in [-0.4, -0.2) is 48.8 Å². The number of likely N-dealkylation sites (tertiary alicyclic amines) is 1. The summed E-state index contributed by atoms with van der Waals surface area (Å²) in [6.07, 6.45) is 1.43. The fraction of sp³-hybridized carbons (Fsp3) is 0.412. The fourth-order valence-corrected chi connectivity index (χ4v) is 4.47. The molecule has 3 rings (SSSR count). The topological polar surface area (TPSA) is 40.6 Å². The van der Waals surface area contributed by atoms with Gasteiger partial charge >= 0.3 is 0 Å². The number of thiophene rings is 1. The quantitative estimate of drug-likeness (QED) is 0.831. The van der Waals surface area contributed by atoms with Crippen LogP contribution in [0.5, 0.6) is 0 Å². The molecule has 1 aliphatic heterocycles. The zero-order valence-electron chi connectivity index (χ0n) is 13.2. The van der Waals surface area contributed by atoms with Crippen LogP contribution in [0.1, 0.15) is 22.5 Å². The van der Waals surface area contributed by atoms with Gasteiger partial charge in [0.2, 0.25) is 5.91 Å². The third-order valence-corrected chi connectivity index (χ3v) is 5.96. The van der Waals surface area contributed by atoms with E-state index < -0.39 is 0 Å². The molecule has 0 atom stereocenters. The van der Waals surface area contributed by atoms with Crippen molar-refractivity contribution in [3.8, 4) is 0 Å². The van der Waals surface area contributed by atoms with Crippen molar-refractivity contribution in [1.82, 2.24) is 9.80 Å². The molecule has 4 nitrogen and oxygen atoms in total. The molecule has 1 saturated heterocycles. The summed E-state index contributed by atoms with van der Waals surface area (Å²) in [4.78, 5) is 28.8. The highest BCUT2D eigenvalue weighted by Crippen LogP contribution is 2.36. The average Bonchev–Trinajstić information content (AvgIpc) is 2.91. The minimum absolute atomic E-state index is 0.0203. The molecule has 122 valence electrons. The number of halogens is 1. The summed E-state index contributed by atoms with van der Waals surface area (Å²) in [6.45, 7) is 1.21. The lowest BCUT2D eigenvalue weighted by molar-refractivity contribution is -0.134. The average molecular weight is 351 g/mol. The van der Waals surface area contributed by atoms with E-state index in [4.69, 9.17) is 11.6 Å². The van der Waals surface area contributed by atoms with Crippen molar-refractivity contribution >= 4 is 44.8 Å². The number of fused-ring (bicyclic) bond motifs is 1. The largest absolute Gasteiger partial charge is 0.349 e. The van der Waals surface area contributed by atoms with E-state index in [-0.39, 0.29) is 17.7 Å². The Hall–Kier alpha value is -1.59. The first-order valence-electron chi connectivity index (χ1n) is 7.66. The summed E-state index contributed by atoms with van der Waals surface area (Å²) < 4.78 is 1.03. The van der Waals surface area contributed by atoms with Crippen molar-refractivity contribution in [3.63, 3.8) is 0 Å². The van der Waals surface area contributed by atoms with Crippen LogP contribution < -0.4 is 0 Å². The van der Waals surface area contributed by atoms with Gasteiger partial charge in [0.1, 0.15) is 4.88 Å². The fourth-order valence-electron chi connectivity index (χ4n) is 2.99. The molecule has 23 heavy (non-hydrogen) atoms. The van der Waals surface area contributed by atoms with Gasteiger partial charge in [-0.05, 0) is 18.9 Å². The lowest BCUT2D eigenvalue weighted by Crippen LogP contribution is -2.42. The van der Waals surface area contributed by atoms with Crippen molar-refractivity contribution in [2.24, 2.45) is 5.92 Å². The Morgan fingerprint density at radius 1 is 1.22 bits per heavy atom. The Morgan fingerprint density at radius 3 is 2.48 bits per heavy atom. The van der Waals surface area contributed by atoms with Crippen LogP contribution in [0.15, 0.2) is 24.3 Å². The number of amides is 2. The number of piperidine rings is 1. The second-order valence-corrected chi connectivity index (χ2v) is 7.47. The van der Waals surface area contributed by atoms with Crippen LogP contribution in [0.2, 0.25) is 5.02 Å². The number of hydrogen-bond donors (Lipinski definition) is 0. The van der Waals surface area contributed by atoms with Crippen LogP contribution in [0.3, 0.4) is 0 Å². The molecule has 0 aliphatic carbocycles. The molecular formula is C17H19ClN2O2S. The van der Waals surface area contributed by atoms with Crippen molar-refractivity contribution in [2.45, 2.75) is 12.8 Å². The van der Waals surface area contributed by atoms with Gasteiger partial charge in [-0.15, -0.1) is 11.3 Å². The highest BCUT2D eigenvalue weighted by Gasteiger charge is 2.30. The van der Waals surface area contributed by atoms with Gasteiger partial charge in [0.15, 0.2) is 0 Å². The maximum absolute atomic E-state index is 12.8. The zero-order valence-corrected chi connectivity index (χ0v) is 14.8. The van der Waals surface area contributed by atoms with E-state index in [0.717, 1.165) is 10.1 Å². The van der Waals surface area contributed by atoms with Crippen LogP contribution in [-0.2, 0) is 4.79 Å².